The normalized spacial score (nSPS) is 27.7. The second-order valence-corrected chi connectivity index (χ2v) is 5.25. The van der Waals surface area contributed by atoms with Gasteiger partial charge in [0.05, 0.1) is 6.42 Å². The van der Waals surface area contributed by atoms with Crippen molar-refractivity contribution in [3.8, 4) is 0 Å². The largest absolute Gasteiger partial charge is 0.481 e. The summed E-state index contributed by atoms with van der Waals surface area (Å²) in [6, 6.07) is 0. The number of amides is 1. The van der Waals surface area contributed by atoms with E-state index in [2.05, 4.69) is 12.2 Å². The number of carbonyl (C=O) groups excluding carboxylic acids is 1. The van der Waals surface area contributed by atoms with E-state index in [1.54, 1.807) is 6.92 Å². The average molecular weight is 227 g/mol. The Balaban J connectivity index is 2.49. The van der Waals surface area contributed by atoms with Crippen molar-refractivity contribution in [3.63, 3.8) is 0 Å². The predicted molar refractivity (Wildman–Crippen MR) is 61.0 cm³/mol. The quantitative estimate of drug-likeness (QED) is 0.752. The van der Waals surface area contributed by atoms with Gasteiger partial charge in [-0.05, 0) is 32.1 Å². The molecule has 2 N–H and O–H groups in total. The molecule has 0 saturated heterocycles. The zero-order valence-corrected chi connectivity index (χ0v) is 10.2. The van der Waals surface area contributed by atoms with Crippen molar-refractivity contribution >= 4 is 11.9 Å². The molecule has 0 radical (unpaired) electrons. The highest BCUT2D eigenvalue weighted by Gasteiger charge is 2.35. The van der Waals surface area contributed by atoms with Crippen molar-refractivity contribution in [2.24, 2.45) is 11.8 Å². The van der Waals surface area contributed by atoms with Gasteiger partial charge in [-0.25, -0.2) is 0 Å². The lowest BCUT2D eigenvalue weighted by Gasteiger charge is -2.36. The predicted octanol–water partition coefficient (Wildman–Crippen LogP) is 1.79. The molecule has 1 atom stereocenters. The van der Waals surface area contributed by atoms with Crippen LogP contribution in [0.1, 0.15) is 46.5 Å². The first-order chi connectivity index (χ1) is 7.36. The lowest BCUT2D eigenvalue weighted by Crippen LogP contribution is -2.51. The Bertz CT molecular complexity index is 284. The summed E-state index contributed by atoms with van der Waals surface area (Å²) in [7, 11) is 0. The fourth-order valence-corrected chi connectivity index (χ4v) is 2.11. The highest BCUT2D eigenvalue weighted by Crippen LogP contribution is 2.33. The Morgan fingerprint density at radius 3 is 2.38 bits per heavy atom. The SMILES string of the molecule is CCC(C)(CC(=O)O)NC(=O)C1CC(C)C1. The zero-order chi connectivity index (χ0) is 12.3. The summed E-state index contributed by atoms with van der Waals surface area (Å²) in [6.07, 6.45) is 2.47. The maximum absolute atomic E-state index is 11.8. The van der Waals surface area contributed by atoms with Gasteiger partial charge in [-0.15, -0.1) is 0 Å². The molecule has 1 aliphatic rings. The monoisotopic (exact) mass is 227 g/mol. The molecule has 4 heteroatoms. The van der Waals surface area contributed by atoms with Crippen LogP contribution in [0.15, 0.2) is 0 Å². The molecular formula is C12H21NO3. The van der Waals surface area contributed by atoms with Crippen molar-refractivity contribution in [3.05, 3.63) is 0 Å². The number of carboxylic acids is 1. The van der Waals surface area contributed by atoms with E-state index in [1.807, 2.05) is 6.92 Å². The molecule has 1 aliphatic carbocycles. The third kappa shape index (κ3) is 3.22. The summed E-state index contributed by atoms with van der Waals surface area (Å²) in [5.74, 6) is -0.131. The summed E-state index contributed by atoms with van der Waals surface area (Å²) in [6.45, 7) is 5.81. The molecule has 1 fully saturated rings. The smallest absolute Gasteiger partial charge is 0.305 e. The minimum absolute atomic E-state index is 0.0164. The topological polar surface area (TPSA) is 66.4 Å². The molecule has 0 bridgehead atoms. The number of rotatable bonds is 5. The first-order valence-electron chi connectivity index (χ1n) is 5.90. The van der Waals surface area contributed by atoms with Crippen LogP contribution in [0.2, 0.25) is 0 Å². The number of hydrogen-bond acceptors (Lipinski definition) is 2. The third-order valence-corrected chi connectivity index (χ3v) is 3.49. The molecule has 0 aliphatic heterocycles. The van der Waals surface area contributed by atoms with Gasteiger partial charge in [0.15, 0.2) is 0 Å². The summed E-state index contributed by atoms with van der Waals surface area (Å²) >= 11 is 0. The van der Waals surface area contributed by atoms with E-state index in [-0.39, 0.29) is 18.2 Å². The molecule has 16 heavy (non-hydrogen) atoms. The maximum Gasteiger partial charge on any atom is 0.305 e. The maximum atomic E-state index is 11.8. The van der Waals surface area contributed by atoms with Crippen molar-refractivity contribution in [2.75, 3.05) is 0 Å². The van der Waals surface area contributed by atoms with Gasteiger partial charge in [-0.2, -0.15) is 0 Å². The van der Waals surface area contributed by atoms with Gasteiger partial charge in [-0.1, -0.05) is 13.8 Å². The molecule has 92 valence electrons. The van der Waals surface area contributed by atoms with Crippen molar-refractivity contribution < 1.29 is 14.7 Å². The minimum Gasteiger partial charge on any atom is -0.481 e. The van der Waals surface area contributed by atoms with Crippen LogP contribution in [0.4, 0.5) is 0 Å². The number of aliphatic carboxylic acids is 1. The number of hydrogen-bond donors (Lipinski definition) is 2. The van der Waals surface area contributed by atoms with E-state index in [1.165, 1.54) is 0 Å². The molecule has 4 nitrogen and oxygen atoms in total. The van der Waals surface area contributed by atoms with Crippen molar-refractivity contribution in [1.29, 1.82) is 0 Å². The van der Waals surface area contributed by atoms with Crippen molar-refractivity contribution in [2.45, 2.75) is 52.0 Å². The van der Waals surface area contributed by atoms with Crippen LogP contribution in [0, 0.1) is 11.8 Å². The van der Waals surface area contributed by atoms with Gasteiger partial charge < -0.3 is 10.4 Å². The van der Waals surface area contributed by atoms with Gasteiger partial charge in [0.1, 0.15) is 0 Å². The Hall–Kier alpha value is -1.06. The molecule has 1 rings (SSSR count). The number of carbonyl (C=O) groups is 2. The fraction of sp³-hybridized carbons (Fsp3) is 0.833. The lowest BCUT2D eigenvalue weighted by molar-refractivity contribution is -0.139. The second-order valence-electron chi connectivity index (χ2n) is 5.25. The van der Waals surface area contributed by atoms with Crippen LogP contribution in [0.25, 0.3) is 0 Å². The van der Waals surface area contributed by atoms with Crippen LogP contribution in [0.3, 0.4) is 0 Å². The molecule has 1 saturated carbocycles. The first kappa shape index (κ1) is 13.0. The number of carboxylic acid groups (broad SMARTS) is 1. The summed E-state index contributed by atoms with van der Waals surface area (Å²) in [5, 5.41) is 11.7. The van der Waals surface area contributed by atoms with Crippen LogP contribution >= 0.6 is 0 Å². The zero-order valence-electron chi connectivity index (χ0n) is 10.2. The van der Waals surface area contributed by atoms with E-state index >= 15 is 0 Å². The van der Waals surface area contributed by atoms with Gasteiger partial charge in [-0.3, -0.25) is 9.59 Å². The van der Waals surface area contributed by atoms with Gasteiger partial charge in [0, 0.05) is 11.5 Å². The van der Waals surface area contributed by atoms with E-state index in [0.717, 1.165) is 12.8 Å². The standard InChI is InChI=1S/C12H21NO3/c1-4-12(3,7-10(14)15)13-11(16)9-5-8(2)6-9/h8-9H,4-7H2,1-3H3,(H,13,16)(H,14,15). The van der Waals surface area contributed by atoms with Crippen LogP contribution in [-0.2, 0) is 9.59 Å². The van der Waals surface area contributed by atoms with Crippen molar-refractivity contribution in [1.82, 2.24) is 5.32 Å². The molecule has 0 aromatic rings. The average Bonchev–Trinajstić information content (AvgIpc) is 2.11. The fourth-order valence-electron chi connectivity index (χ4n) is 2.11. The molecule has 0 aromatic heterocycles. The molecule has 1 amide bonds. The van der Waals surface area contributed by atoms with Crippen LogP contribution in [0.5, 0.6) is 0 Å². The Morgan fingerprint density at radius 1 is 1.44 bits per heavy atom. The molecular weight excluding hydrogens is 206 g/mol. The highest BCUT2D eigenvalue weighted by atomic mass is 16.4. The van der Waals surface area contributed by atoms with Gasteiger partial charge in [0.25, 0.3) is 0 Å². The van der Waals surface area contributed by atoms with E-state index < -0.39 is 11.5 Å². The highest BCUT2D eigenvalue weighted by molar-refractivity contribution is 5.81. The molecule has 1 unspecified atom stereocenters. The van der Waals surface area contributed by atoms with Gasteiger partial charge in [0.2, 0.25) is 5.91 Å². The van der Waals surface area contributed by atoms with E-state index in [9.17, 15) is 9.59 Å². The third-order valence-electron chi connectivity index (χ3n) is 3.49. The molecule has 0 aromatic carbocycles. The minimum atomic E-state index is -0.869. The first-order valence-corrected chi connectivity index (χ1v) is 5.90. The summed E-state index contributed by atoms with van der Waals surface area (Å²) < 4.78 is 0. The van der Waals surface area contributed by atoms with Gasteiger partial charge >= 0.3 is 5.97 Å². The summed E-state index contributed by atoms with van der Waals surface area (Å²) in [5.41, 5.74) is -0.609. The summed E-state index contributed by atoms with van der Waals surface area (Å²) in [4.78, 5) is 22.5. The molecule has 0 heterocycles. The number of nitrogens with one attached hydrogen (secondary N) is 1. The lowest BCUT2D eigenvalue weighted by atomic mass is 9.75. The molecule has 0 spiro atoms. The Morgan fingerprint density at radius 2 is 2.00 bits per heavy atom. The van der Waals surface area contributed by atoms with Crippen LogP contribution < -0.4 is 5.32 Å². The Labute approximate surface area is 96.4 Å². The van der Waals surface area contributed by atoms with E-state index in [0.29, 0.717) is 12.3 Å². The van der Waals surface area contributed by atoms with E-state index in [4.69, 9.17) is 5.11 Å². The van der Waals surface area contributed by atoms with Crippen LogP contribution in [-0.4, -0.2) is 22.5 Å². The second kappa shape index (κ2) is 4.85. The Kier molecular flexibility index (Phi) is 3.94.